The highest BCUT2D eigenvalue weighted by molar-refractivity contribution is 7.62. The molecule has 5 atom stereocenters. The second-order valence-corrected chi connectivity index (χ2v) is 19.6. The van der Waals surface area contributed by atoms with E-state index in [2.05, 4.69) is 5.16 Å². The fourth-order valence-electron chi connectivity index (χ4n) is 4.71. The third-order valence-corrected chi connectivity index (χ3v) is 11.4. The molecule has 4 rings (SSSR count). The molecule has 1 aliphatic rings. The van der Waals surface area contributed by atoms with Crippen LogP contribution in [0.15, 0.2) is 50.6 Å². The molecule has 1 aliphatic heterocycles. The summed E-state index contributed by atoms with van der Waals surface area (Å²) in [5.74, 6) is -2.49. The van der Waals surface area contributed by atoms with E-state index in [1.807, 2.05) is 0 Å². The molecule has 0 bridgehead atoms. The van der Waals surface area contributed by atoms with E-state index in [1.54, 1.807) is 24.3 Å². The number of fused-ring (bicyclic) bond motifs is 1. The molecule has 59 heavy (non-hydrogen) atoms. The molecule has 1 saturated heterocycles. The minimum absolute atomic E-state index is 0.255. The quantitative estimate of drug-likeness (QED) is 0.0845. The van der Waals surface area contributed by atoms with Crippen molar-refractivity contribution in [1.82, 2.24) is 14.3 Å². The van der Waals surface area contributed by atoms with Gasteiger partial charge in [-0.1, -0.05) is 17.3 Å². The first-order valence-corrected chi connectivity index (χ1v) is 20.8. The summed E-state index contributed by atoms with van der Waals surface area (Å²) >= 11 is 0. The van der Waals surface area contributed by atoms with Gasteiger partial charge in [0.2, 0.25) is 20.4 Å². The second-order valence-electron chi connectivity index (χ2n) is 16.2. The standard InChI is InChI=1S/C35H49N3O19P2/c1-33(2,3)29(42)48-18-52-58(46,57-59(47,53-19-49-30(43)34(4,5)6)54-20-50-31(44)35(7,8)9)51-17-24-26(40)27(41)28(55-24)37-15-14-25(39)38(32(37)45)16-22-21-12-10-11-13-23(21)56-36-22/h10-15,24,26-28,40-41H,16-20H2,1-9H3/t24-,26?,27?,28-,58?/m1/s1. The molecule has 0 amide bonds. The normalized spacial score (nSPS) is 20.0. The number of nitrogens with zero attached hydrogens (tertiary/aromatic N) is 3. The van der Waals surface area contributed by atoms with E-state index in [-0.39, 0.29) is 12.2 Å². The van der Waals surface area contributed by atoms with Crippen molar-refractivity contribution < 1.29 is 79.6 Å². The Hall–Kier alpha value is -4.08. The Bertz CT molecular complexity index is 2160. The lowest BCUT2D eigenvalue weighted by atomic mass is 9.98. The summed E-state index contributed by atoms with van der Waals surface area (Å²) < 4.78 is 81.3. The number of hydrogen-bond acceptors (Lipinski definition) is 20. The molecule has 0 radical (unpaired) electrons. The summed E-state index contributed by atoms with van der Waals surface area (Å²) in [4.78, 5) is 63.5. The van der Waals surface area contributed by atoms with E-state index in [0.29, 0.717) is 11.0 Å². The molecule has 2 N–H and O–H groups in total. The smallest absolute Gasteiger partial charge is 0.437 e. The minimum atomic E-state index is -5.38. The number of aliphatic hydroxyl groups excluding tert-OH is 2. The molecular weight excluding hydrogens is 828 g/mol. The predicted molar refractivity (Wildman–Crippen MR) is 201 cm³/mol. The number of ether oxygens (including phenoxy) is 4. The molecule has 3 heterocycles. The fourth-order valence-corrected chi connectivity index (χ4v) is 7.47. The Labute approximate surface area is 337 Å². The van der Waals surface area contributed by atoms with Gasteiger partial charge in [0.05, 0.1) is 29.4 Å². The zero-order chi connectivity index (χ0) is 44.1. The monoisotopic (exact) mass is 877 g/mol. The Kier molecular flexibility index (Phi) is 15.1. The van der Waals surface area contributed by atoms with Crippen molar-refractivity contribution >= 4 is 44.5 Å². The fraction of sp³-hybridized carbons (Fsp3) is 0.600. The summed E-state index contributed by atoms with van der Waals surface area (Å²) in [7, 11) is -10.7. The van der Waals surface area contributed by atoms with Gasteiger partial charge < -0.3 is 33.7 Å². The Balaban J connectivity index is 1.58. The Morgan fingerprint density at radius 1 is 0.746 bits per heavy atom. The van der Waals surface area contributed by atoms with Gasteiger partial charge in [0.1, 0.15) is 24.0 Å². The van der Waals surface area contributed by atoms with Crippen LogP contribution in [0.4, 0.5) is 0 Å². The molecule has 0 aliphatic carbocycles. The van der Waals surface area contributed by atoms with E-state index in [9.17, 15) is 43.3 Å². The first kappa shape index (κ1) is 47.6. The van der Waals surface area contributed by atoms with Gasteiger partial charge in [0.15, 0.2) is 11.8 Å². The Morgan fingerprint density at radius 3 is 1.75 bits per heavy atom. The van der Waals surface area contributed by atoms with Crippen LogP contribution in [-0.4, -0.2) is 87.7 Å². The van der Waals surface area contributed by atoms with E-state index in [4.69, 9.17) is 45.9 Å². The SMILES string of the molecule is CC(C)(C)C(=O)OCOP(=O)(OCOC(=O)C(C)(C)C)OP(=O)(OCOC(=O)C(C)(C)C)OC[C@H]1O[C@@H](n2ccc(=O)n(Cc3noc4ccccc34)c2=O)C(O)C1O. The maximum absolute atomic E-state index is 14.1. The topological polar surface area (TPSA) is 279 Å². The predicted octanol–water partition coefficient (Wildman–Crippen LogP) is 3.76. The van der Waals surface area contributed by atoms with Gasteiger partial charge in [-0.3, -0.25) is 32.8 Å². The number of benzene rings is 1. The number of carbonyl (C=O) groups excluding carboxylic acids is 3. The lowest BCUT2D eigenvalue weighted by Gasteiger charge is -2.25. The summed E-state index contributed by atoms with van der Waals surface area (Å²) in [5.41, 5.74) is -4.21. The van der Waals surface area contributed by atoms with Gasteiger partial charge in [0.25, 0.3) is 5.56 Å². The van der Waals surface area contributed by atoms with Gasteiger partial charge in [-0.05, 0) is 74.4 Å². The average Bonchev–Trinajstić information content (AvgIpc) is 3.67. The van der Waals surface area contributed by atoms with Crippen molar-refractivity contribution in [3.05, 3.63) is 63.1 Å². The second kappa shape index (κ2) is 18.7. The summed E-state index contributed by atoms with van der Waals surface area (Å²) in [5, 5.41) is 26.4. The number of hydrogen-bond donors (Lipinski definition) is 2. The number of phosphoric acid groups is 2. The van der Waals surface area contributed by atoms with Crippen molar-refractivity contribution in [2.45, 2.75) is 93.4 Å². The number of phosphoric ester groups is 2. The molecule has 2 aromatic heterocycles. The van der Waals surface area contributed by atoms with Crippen LogP contribution >= 0.6 is 15.6 Å². The highest BCUT2D eigenvalue weighted by Gasteiger charge is 2.48. The van der Waals surface area contributed by atoms with Crippen molar-refractivity contribution in [3.8, 4) is 0 Å². The zero-order valence-corrected chi connectivity index (χ0v) is 35.7. The molecule has 328 valence electrons. The largest absolute Gasteiger partial charge is 0.489 e. The molecule has 0 spiro atoms. The number of para-hydroxylation sites is 1. The number of aliphatic hydroxyl groups is 2. The summed E-state index contributed by atoms with van der Waals surface area (Å²) in [6.07, 6.45) is -6.00. The van der Waals surface area contributed by atoms with E-state index < -0.39 is 113 Å². The maximum atomic E-state index is 14.1. The molecule has 3 aromatic rings. The third kappa shape index (κ3) is 12.5. The summed E-state index contributed by atoms with van der Waals surface area (Å²) in [6, 6.07) is 7.76. The summed E-state index contributed by atoms with van der Waals surface area (Å²) in [6.45, 7) is 8.89. The number of carbonyl (C=O) groups is 3. The average molecular weight is 878 g/mol. The van der Waals surface area contributed by atoms with Gasteiger partial charge in [-0.2, -0.15) is 4.31 Å². The van der Waals surface area contributed by atoms with Crippen LogP contribution in [0.25, 0.3) is 11.0 Å². The Morgan fingerprint density at radius 2 is 1.24 bits per heavy atom. The van der Waals surface area contributed by atoms with E-state index in [1.165, 1.54) is 62.3 Å². The van der Waals surface area contributed by atoms with Crippen LogP contribution in [0.1, 0.15) is 74.2 Å². The number of rotatable bonds is 17. The van der Waals surface area contributed by atoms with Crippen LogP contribution in [-0.2, 0) is 71.4 Å². The number of esters is 3. The first-order valence-electron chi connectivity index (χ1n) is 17.9. The molecule has 3 unspecified atom stereocenters. The lowest BCUT2D eigenvalue weighted by molar-refractivity contribution is -0.163. The zero-order valence-electron chi connectivity index (χ0n) is 33.9. The van der Waals surface area contributed by atoms with E-state index in [0.717, 1.165) is 21.4 Å². The lowest BCUT2D eigenvalue weighted by Crippen LogP contribution is -2.43. The van der Waals surface area contributed by atoms with Crippen LogP contribution < -0.4 is 11.2 Å². The molecule has 0 saturated carbocycles. The molecule has 24 heteroatoms. The van der Waals surface area contributed by atoms with Gasteiger partial charge in [-0.15, -0.1) is 0 Å². The van der Waals surface area contributed by atoms with Crippen molar-refractivity contribution in [1.29, 1.82) is 0 Å². The molecule has 1 fully saturated rings. The maximum Gasteiger partial charge on any atom is 0.489 e. The van der Waals surface area contributed by atoms with Crippen molar-refractivity contribution in [3.63, 3.8) is 0 Å². The van der Waals surface area contributed by atoms with E-state index >= 15 is 0 Å². The van der Waals surface area contributed by atoms with Crippen LogP contribution in [0, 0.1) is 16.2 Å². The van der Waals surface area contributed by atoms with Gasteiger partial charge in [-0.25, -0.2) is 27.5 Å². The molecular formula is C35H49N3O19P2. The molecule has 1 aromatic carbocycles. The van der Waals surface area contributed by atoms with Crippen molar-refractivity contribution in [2.24, 2.45) is 16.2 Å². The van der Waals surface area contributed by atoms with Gasteiger partial charge >= 0.3 is 39.2 Å². The highest BCUT2D eigenvalue weighted by Crippen LogP contribution is 2.66. The van der Waals surface area contributed by atoms with Crippen molar-refractivity contribution in [2.75, 3.05) is 27.0 Å². The first-order chi connectivity index (χ1) is 27.2. The van der Waals surface area contributed by atoms with Crippen LogP contribution in [0.2, 0.25) is 0 Å². The van der Waals surface area contributed by atoms with Gasteiger partial charge in [0, 0.05) is 17.6 Å². The highest BCUT2D eigenvalue weighted by atomic mass is 31.3. The van der Waals surface area contributed by atoms with Crippen LogP contribution in [0.5, 0.6) is 0 Å². The van der Waals surface area contributed by atoms with Crippen LogP contribution in [0.3, 0.4) is 0 Å². The number of aromatic nitrogens is 3. The third-order valence-electron chi connectivity index (χ3n) is 8.10. The minimum Gasteiger partial charge on any atom is -0.437 e. The molecule has 22 nitrogen and oxygen atoms in total.